The molecule has 4 nitrogen and oxygen atoms in total. The summed E-state index contributed by atoms with van der Waals surface area (Å²) in [6, 6.07) is 10.2. The van der Waals surface area contributed by atoms with Crippen LogP contribution in [-0.4, -0.2) is 35.7 Å². The summed E-state index contributed by atoms with van der Waals surface area (Å²) in [6.07, 6.45) is 1.55. The lowest BCUT2D eigenvalue weighted by Gasteiger charge is -2.50. The van der Waals surface area contributed by atoms with Gasteiger partial charge in [0.05, 0.1) is 5.54 Å². The minimum absolute atomic E-state index is 0.133. The lowest BCUT2D eigenvalue weighted by atomic mass is 9.76. The van der Waals surface area contributed by atoms with E-state index < -0.39 is 11.1 Å². The van der Waals surface area contributed by atoms with E-state index in [1.165, 1.54) is 0 Å². The molecule has 1 saturated heterocycles. The maximum Gasteiger partial charge on any atom is 0.408 e. The van der Waals surface area contributed by atoms with E-state index in [0.717, 1.165) is 24.9 Å². The third-order valence-electron chi connectivity index (χ3n) is 4.77. The molecule has 1 amide bonds. The van der Waals surface area contributed by atoms with Gasteiger partial charge in [-0.1, -0.05) is 30.3 Å². The number of likely N-dealkylation sites (tertiary alicyclic amines) is 1. The number of hydrogen-bond acceptors (Lipinski definition) is 3. The number of hydrogen-bond donors (Lipinski definition) is 1. The lowest BCUT2D eigenvalue weighted by molar-refractivity contribution is 0.0148. The number of amides is 1. The Morgan fingerprint density at radius 2 is 1.78 bits per heavy atom. The molecule has 1 aromatic carbocycles. The van der Waals surface area contributed by atoms with Crippen LogP contribution in [0.4, 0.5) is 4.79 Å². The zero-order chi connectivity index (χ0) is 17.3. The Balaban J connectivity index is 2.29. The molecule has 0 radical (unpaired) electrons. The first kappa shape index (κ1) is 17.8. The predicted octanol–water partition coefficient (Wildman–Crippen LogP) is 3.91. The van der Waals surface area contributed by atoms with Gasteiger partial charge in [0.15, 0.2) is 0 Å². The molecule has 1 heterocycles. The third kappa shape index (κ3) is 4.25. The first-order valence-corrected chi connectivity index (χ1v) is 8.32. The standard InChI is InChI=1S/C19H30N2O2/c1-17(2,3)23-16(22)20-19(15-10-8-7-9-11-15)13-12-18(4,5)21(6)14-19/h7-11H,12-14H2,1-6H3,(H,20,22). The summed E-state index contributed by atoms with van der Waals surface area (Å²) in [7, 11) is 2.12. The largest absolute Gasteiger partial charge is 0.444 e. The van der Waals surface area contributed by atoms with Gasteiger partial charge in [0.2, 0.25) is 0 Å². The van der Waals surface area contributed by atoms with E-state index in [-0.39, 0.29) is 11.6 Å². The lowest BCUT2D eigenvalue weighted by Crippen LogP contribution is -2.61. The summed E-state index contributed by atoms with van der Waals surface area (Å²) in [6.45, 7) is 10.9. The molecule has 1 aromatic rings. The highest BCUT2D eigenvalue weighted by Gasteiger charge is 2.44. The summed E-state index contributed by atoms with van der Waals surface area (Å²) < 4.78 is 5.51. The maximum atomic E-state index is 12.4. The van der Waals surface area contributed by atoms with Crippen molar-refractivity contribution in [3.63, 3.8) is 0 Å². The summed E-state index contributed by atoms with van der Waals surface area (Å²) in [5.41, 5.74) is 0.358. The number of nitrogens with one attached hydrogen (secondary N) is 1. The van der Waals surface area contributed by atoms with E-state index in [2.05, 4.69) is 43.2 Å². The number of piperidine rings is 1. The molecule has 4 heteroatoms. The van der Waals surface area contributed by atoms with Crippen LogP contribution in [0.25, 0.3) is 0 Å². The summed E-state index contributed by atoms with van der Waals surface area (Å²) in [5, 5.41) is 3.17. The molecule has 1 N–H and O–H groups in total. The zero-order valence-corrected chi connectivity index (χ0v) is 15.3. The second-order valence-electron chi connectivity index (χ2n) is 8.24. The molecule has 2 rings (SSSR count). The van der Waals surface area contributed by atoms with E-state index in [9.17, 15) is 4.79 Å². The van der Waals surface area contributed by atoms with Gasteiger partial charge in [0, 0.05) is 12.1 Å². The molecule has 1 unspecified atom stereocenters. The minimum atomic E-state index is -0.498. The highest BCUT2D eigenvalue weighted by atomic mass is 16.6. The van der Waals surface area contributed by atoms with E-state index >= 15 is 0 Å². The Bertz CT molecular complexity index is 548. The van der Waals surface area contributed by atoms with Crippen LogP contribution in [0, 0.1) is 0 Å². The Hall–Kier alpha value is -1.55. The molecule has 1 atom stereocenters. The summed E-state index contributed by atoms with van der Waals surface area (Å²) in [5.74, 6) is 0. The van der Waals surface area contributed by atoms with Gasteiger partial charge in [-0.2, -0.15) is 0 Å². The molecule has 1 aliphatic heterocycles. The molecule has 0 saturated carbocycles. The molecular formula is C19H30N2O2. The fourth-order valence-corrected chi connectivity index (χ4v) is 3.07. The molecule has 1 aliphatic rings. The van der Waals surface area contributed by atoms with Crippen molar-refractivity contribution in [2.45, 2.75) is 64.1 Å². The topological polar surface area (TPSA) is 41.6 Å². The van der Waals surface area contributed by atoms with Gasteiger partial charge in [-0.15, -0.1) is 0 Å². The first-order chi connectivity index (χ1) is 10.5. The normalized spacial score (nSPS) is 25.0. The van der Waals surface area contributed by atoms with Crippen molar-refractivity contribution in [2.75, 3.05) is 13.6 Å². The number of benzene rings is 1. The van der Waals surface area contributed by atoms with Crippen molar-refractivity contribution in [3.8, 4) is 0 Å². The highest BCUT2D eigenvalue weighted by molar-refractivity contribution is 5.69. The monoisotopic (exact) mass is 318 g/mol. The van der Waals surface area contributed by atoms with E-state index in [4.69, 9.17) is 4.74 Å². The Morgan fingerprint density at radius 3 is 2.30 bits per heavy atom. The van der Waals surface area contributed by atoms with Crippen molar-refractivity contribution in [1.82, 2.24) is 10.2 Å². The molecule has 23 heavy (non-hydrogen) atoms. The number of nitrogens with zero attached hydrogens (tertiary/aromatic N) is 1. The van der Waals surface area contributed by atoms with Crippen LogP contribution < -0.4 is 5.32 Å². The van der Waals surface area contributed by atoms with E-state index in [0.29, 0.717) is 0 Å². The van der Waals surface area contributed by atoms with Crippen LogP contribution in [0.5, 0.6) is 0 Å². The quantitative estimate of drug-likeness (QED) is 0.899. The van der Waals surface area contributed by atoms with Crippen LogP contribution >= 0.6 is 0 Å². The Morgan fingerprint density at radius 1 is 1.17 bits per heavy atom. The number of ether oxygens (including phenoxy) is 1. The molecule has 0 aliphatic carbocycles. The number of alkyl carbamates (subject to hydrolysis) is 1. The zero-order valence-electron chi connectivity index (χ0n) is 15.3. The second kappa shape index (κ2) is 6.16. The van der Waals surface area contributed by atoms with Crippen LogP contribution in [0.15, 0.2) is 30.3 Å². The maximum absolute atomic E-state index is 12.4. The van der Waals surface area contributed by atoms with Gasteiger partial charge >= 0.3 is 6.09 Å². The van der Waals surface area contributed by atoms with Gasteiger partial charge in [0.1, 0.15) is 5.60 Å². The van der Waals surface area contributed by atoms with Crippen LogP contribution in [0.3, 0.4) is 0 Å². The summed E-state index contributed by atoms with van der Waals surface area (Å²) >= 11 is 0. The molecule has 0 bridgehead atoms. The van der Waals surface area contributed by atoms with Crippen LogP contribution in [-0.2, 0) is 10.3 Å². The highest BCUT2D eigenvalue weighted by Crippen LogP contribution is 2.38. The smallest absolute Gasteiger partial charge is 0.408 e. The van der Waals surface area contributed by atoms with Crippen LogP contribution in [0.2, 0.25) is 0 Å². The Kier molecular flexibility index (Phi) is 4.76. The van der Waals surface area contributed by atoms with Gasteiger partial charge in [-0.05, 0) is 60.1 Å². The van der Waals surface area contributed by atoms with Gasteiger partial charge < -0.3 is 10.1 Å². The van der Waals surface area contributed by atoms with Crippen LogP contribution in [0.1, 0.15) is 53.0 Å². The third-order valence-corrected chi connectivity index (χ3v) is 4.77. The van der Waals surface area contributed by atoms with Crippen molar-refractivity contribution in [1.29, 1.82) is 0 Å². The van der Waals surface area contributed by atoms with Gasteiger partial charge in [0.25, 0.3) is 0 Å². The molecule has 0 aromatic heterocycles. The number of carbonyl (C=O) groups is 1. The average Bonchev–Trinajstić information content (AvgIpc) is 2.42. The second-order valence-corrected chi connectivity index (χ2v) is 8.24. The minimum Gasteiger partial charge on any atom is -0.444 e. The average molecular weight is 318 g/mol. The molecular weight excluding hydrogens is 288 g/mol. The molecule has 0 spiro atoms. The van der Waals surface area contributed by atoms with Crippen molar-refractivity contribution in [3.05, 3.63) is 35.9 Å². The number of likely N-dealkylation sites (N-methyl/N-ethyl adjacent to an activating group) is 1. The molecule has 128 valence electrons. The SMILES string of the molecule is CN1CC(NC(=O)OC(C)(C)C)(c2ccccc2)CCC1(C)C. The van der Waals surface area contributed by atoms with Crippen molar-refractivity contribution >= 4 is 6.09 Å². The number of carbonyl (C=O) groups excluding carboxylic acids is 1. The fourth-order valence-electron chi connectivity index (χ4n) is 3.07. The van der Waals surface area contributed by atoms with Gasteiger partial charge in [-0.3, -0.25) is 4.90 Å². The summed E-state index contributed by atoms with van der Waals surface area (Å²) in [4.78, 5) is 14.7. The van der Waals surface area contributed by atoms with E-state index in [1.54, 1.807) is 0 Å². The first-order valence-electron chi connectivity index (χ1n) is 8.32. The predicted molar refractivity (Wildman–Crippen MR) is 93.4 cm³/mol. The number of rotatable bonds is 2. The van der Waals surface area contributed by atoms with Gasteiger partial charge in [-0.25, -0.2) is 4.79 Å². The Labute approximate surface area is 140 Å². The van der Waals surface area contributed by atoms with Crippen molar-refractivity contribution in [2.24, 2.45) is 0 Å². The van der Waals surface area contributed by atoms with Crippen molar-refractivity contribution < 1.29 is 9.53 Å². The van der Waals surface area contributed by atoms with E-state index in [1.807, 2.05) is 39.0 Å². The molecule has 1 fully saturated rings. The fraction of sp³-hybridized carbons (Fsp3) is 0.632.